The summed E-state index contributed by atoms with van der Waals surface area (Å²) in [5.41, 5.74) is 15.2. The quantitative estimate of drug-likeness (QED) is 0.352. The smallest absolute Gasteiger partial charge is 0.361 e. The number of anilines is 2. The zero-order valence-corrected chi connectivity index (χ0v) is 18.6. The Bertz CT molecular complexity index is 1330. The maximum absolute atomic E-state index is 12.5. The molecule has 2 aromatic heterocycles. The number of aryl methyl sites for hydroxylation is 2. The number of nitrogens with zero attached hydrogens (tertiary/aromatic N) is 4. The lowest BCUT2D eigenvalue weighted by Crippen LogP contribution is -2.33. The fourth-order valence-corrected chi connectivity index (χ4v) is 3.65. The Balaban J connectivity index is 1.62. The molecule has 0 radical (unpaired) electrons. The molecule has 32 heavy (non-hydrogen) atoms. The van der Waals surface area contributed by atoms with E-state index in [9.17, 15) is 4.79 Å². The number of ether oxygens (including phenoxy) is 2. The molecule has 9 nitrogen and oxygen atoms in total. The second-order valence-electron chi connectivity index (χ2n) is 7.18. The molecule has 0 saturated heterocycles. The number of nitrogen functional groups attached to an aromatic ring is 2. The SMILES string of the molecule is COc1ccc(-c2ccc3c(c2)n(C)c(COC(=O)c2nc(Cl)c(N)nc2N)[n+]3C)cc1. The van der Waals surface area contributed by atoms with Gasteiger partial charge in [-0.25, -0.2) is 23.9 Å². The van der Waals surface area contributed by atoms with E-state index in [1.807, 2.05) is 59.6 Å². The summed E-state index contributed by atoms with van der Waals surface area (Å²) in [7, 11) is 5.46. The maximum Gasteiger partial charge on any atom is 0.361 e. The number of benzene rings is 2. The van der Waals surface area contributed by atoms with Crippen molar-refractivity contribution in [2.24, 2.45) is 14.1 Å². The van der Waals surface area contributed by atoms with Crippen LogP contribution in [0.3, 0.4) is 0 Å². The van der Waals surface area contributed by atoms with Crippen molar-refractivity contribution in [2.45, 2.75) is 6.61 Å². The van der Waals surface area contributed by atoms with Gasteiger partial charge < -0.3 is 20.9 Å². The van der Waals surface area contributed by atoms with Gasteiger partial charge in [-0.05, 0) is 41.5 Å². The molecular formula is C22H22ClN6O3+. The van der Waals surface area contributed by atoms with Crippen LogP contribution in [-0.2, 0) is 25.4 Å². The summed E-state index contributed by atoms with van der Waals surface area (Å²) >= 11 is 5.86. The molecule has 0 saturated carbocycles. The molecule has 0 fully saturated rings. The standard InChI is InChI=1S/C22H21ClN6O3/c1-28-15-9-6-13(12-4-7-14(31-3)8-5-12)10-16(15)29(2)17(28)11-32-22(30)18-20(24)27-21(25)19(23)26-18/h4-10H,11H2,1-3H3,(H3-,24,25,27,30)/p+1. The van der Waals surface area contributed by atoms with E-state index in [-0.39, 0.29) is 29.1 Å². The molecule has 4 N–H and O–H groups in total. The first-order chi connectivity index (χ1) is 15.3. The predicted octanol–water partition coefficient (Wildman–Crippen LogP) is 2.64. The highest BCUT2D eigenvalue weighted by atomic mass is 35.5. The molecule has 164 valence electrons. The van der Waals surface area contributed by atoms with Crippen LogP contribution in [0.1, 0.15) is 16.3 Å². The number of carbonyl (C=O) groups is 1. The normalized spacial score (nSPS) is 11.0. The van der Waals surface area contributed by atoms with E-state index >= 15 is 0 Å². The van der Waals surface area contributed by atoms with Crippen LogP contribution in [0.5, 0.6) is 5.75 Å². The molecule has 0 aliphatic heterocycles. The molecule has 2 heterocycles. The zero-order chi connectivity index (χ0) is 23.0. The number of carbonyl (C=O) groups excluding carboxylic acids is 1. The van der Waals surface area contributed by atoms with Crippen LogP contribution in [0.4, 0.5) is 11.6 Å². The van der Waals surface area contributed by atoms with E-state index in [4.69, 9.17) is 32.5 Å². The van der Waals surface area contributed by atoms with Crippen LogP contribution in [0, 0.1) is 0 Å². The average Bonchev–Trinajstić information content (AvgIpc) is 3.03. The third-order valence-corrected chi connectivity index (χ3v) is 5.60. The van der Waals surface area contributed by atoms with Gasteiger partial charge in [0, 0.05) is 0 Å². The van der Waals surface area contributed by atoms with Crippen LogP contribution in [0.2, 0.25) is 5.15 Å². The van der Waals surface area contributed by atoms with E-state index in [0.717, 1.165) is 33.7 Å². The van der Waals surface area contributed by atoms with E-state index in [1.54, 1.807) is 7.11 Å². The van der Waals surface area contributed by atoms with Crippen molar-refractivity contribution in [2.75, 3.05) is 18.6 Å². The number of nitrogens with two attached hydrogens (primary N) is 2. The minimum absolute atomic E-state index is 0.00149. The molecule has 4 rings (SSSR count). The Labute approximate surface area is 189 Å². The van der Waals surface area contributed by atoms with Gasteiger partial charge in [0.1, 0.15) is 5.75 Å². The largest absolute Gasteiger partial charge is 0.497 e. The van der Waals surface area contributed by atoms with Gasteiger partial charge in [-0.3, -0.25) is 0 Å². The lowest BCUT2D eigenvalue weighted by molar-refractivity contribution is -0.655. The summed E-state index contributed by atoms with van der Waals surface area (Å²) in [5, 5.41) is -0.104. The fraction of sp³-hybridized carbons (Fsp3) is 0.182. The molecule has 0 bridgehead atoms. The summed E-state index contributed by atoms with van der Waals surface area (Å²) < 4.78 is 14.6. The third-order valence-electron chi connectivity index (χ3n) is 5.33. The van der Waals surface area contributed by atoms with Gasteiger partial charge in [-0.1, -0.05) is 23.7 Å². The van der Waals surface area contributed by atoms with Crippen molar-refractivity contribution in [1.82, 2.24) is 14.5 Å². The van der Waals surface area contributed by atoms with Crippen molar-refractivity contribution in [1.29, 1.82) is 0 Å². The second-order valence-corrected chi connectivity index (χ2v) is 7.53. The van der Waals surface area contributed by atoms with Crippen molar-refractivity contribution >= 4 is 40.2 Å². The number of hydrogen-bond acceptors (Lipinski definition) is 7. The monoisotopic (exact) mass is 453 g/mol. The summed E-state index contributed by atoms with van der Waals surface area (Å²) in [4.78, 5) is 20.2. The first-order valence-electron chi connectivity index (χ1n) is 9.67. The van der Waals surface area contributed by atoms with Crippen molar-refractivity contribution in [3.8, 4) is 16.9 Å². The van der Waals surface area contributed by atoms with E-state index in [1.165, 1.54) is 0 Å². The second kappa shape index (κ2) is 8.35. The van der Waals surface area contributed by atoms with Crippen molar-refractivity contribution in [3.63, 3.8) is 0 Å². The minimum atomic E-state index is -0.735. The molecule has 0 aliphatic rings. The molecule has 0 spiro atoms. The predicted molar refractivity (Wildman–Crippen MR) is 121 cm³/mol. The molecule has 0 unspecified atom stereocenters. The molecule has 4 aromatic rings. The van der Waals surface area contributed by atoms with Gasteiger partial charge in [0.15, 0.2) is 40.1 Å². The zero-order valence-electron chi connectivity index (χ0n) is 17.8. The van der Waals surface area contributed by atoms with E-state index in [0.29, 0.717) is 0 Å². The van der Waals surface area contributed by atoms with Crippen LogP contribution in [-0.4, -0.2) is 27.6 Å². The first kappa shape index (κ1) is 21.4. The first-order valence-corrected chi connectivity index (χ1v) is 10.0. The van der Waals surface area contributed by atoms with Gasteiger partial charge in [-0.2, -0.15) is 0 Å². The number of halogens is 1. The summed E-state index contributed by atoms with van der Waals surface area (Å²) in [6.45, 7) is 0.00149. The summed E-state index contributed by atoms with van der Waals surface area (Å²) in [6.07, 6.45) is 0. The third kappa shape index (κ3) is 3.78. The average molecular weight is 454 g/mol. The Morgan fingerprint density at radius 2 is 1.78 bits per heavy atom. The van der Waals surface area contributed by atoms with Gasteiger partial charge in [-0.15, -0.1) is 0 Å². The number of aromatic nitrogens is 4. The number of rotatable bonds is 5. The summed E-state index contributed by atoms with van der Waals surface area (Å²) in [6, 6.07) is 14.0. The van der Waals surface area contributed by atoms with Gasteiger partial charge >= 0.3 is 5.97 Å². The Kier molecular flexibility index (Phi) is 5.58. The van der Waals surface area contributed by atoms with Gasteiger partial charge in [0.05, 0.1) is 21.2 Å². The fourth-order valence-electron chi connectivity index (χ4n) is 3.53. The highest BCUT2D eigenvalue weighted by molar-refractivity contribution is 6.31. The number of fused-ring (bicyclic) bond motifs is 1. The van der Waals surface area contributed by atoms with Crippen LogP contribution in [0.25, 0.3) is 22.2 Å². The summed E-state index contributed by atoms with van der Waals surface area (Å²) in [5.74, 6) is 0.655. The van der Waals surface area contributed by atoms with Crippen LogP contribution >= 0.6 is 11.6 Å². The van der Waals surface area contributed by atoms with Crippen molar-refractivity contribution in [3.05, 3.63) is 59.1 Å². The lowest BCUT2D eigenvalue weighted by Gasteiger charge is -2.06. The molecule has 10 heteroatoms. The van der Waals surface area contributed by atoms with E-state index in [2.05, 4.69) is 16.0 Å². The number of hydrogen-bond donors (Lipinski definition) is 2. The highest BCUT2D eigenvalue weighted by Gasteiger charge is 2.24. The molecular weight excluding hydrogens is 432 g/mol. The minimum Gasteiger partial charge on any atom is -0.497 e. The van der Waals surface area contributed by atoms with Crippen LogP contribution in [0.15, 0.2) is 42.5 Å². The molecule has 0 amide bonds. The number of esters is 1. The molecule has 2 aromatic carbocycles. The van der Waals surface area contributed by atoms with E-state index < -0.39 is 5.97 Å². The maximum atomic E-state index is 12.5. The highest BCUT2D eigenvalue weighted by Crippen LogP contribution is 2.26. The Morgan fingerprint density at radius 1 is 1.09 bits per heavy atom. The Hall–Kier alpha value is -3.85. The Morgan fingerprint density at radius 3 is 2.47 bits per heavy atom. The molecule has 0 atom stereocenters. The number of methoxy groups -OCH3 is 1. The van der Waals surface area contributed by atoms with Crippen molar-refractivity contribution < 1.29 is 18.8 Å². The van der Waals surface area contributed by atoms with Gasteiger partial charge in [0.25, 0.3) is 5.82 Å². The molecule has 0 aliphatic carbocycles. The number of imidazole rings is 1. The topological polar surface area (TPSA) is 122 Å². The lowest BCUT2D eigenvalue weighted by atomic mass is 10.0. The van der Waals surface area contributed by atoms with Gasteiger partial charge in [0.2, 0.25) is 0 Å². The van der Waals surface area contributed by atoms with Crippen LogP contribution < -0.4 is 20.8 Å².